The van der Waals surface area contributed by atoms with E-state index in [1.807, 2.05) is 26.0 Å². The first-order chi connectivity index (χ1) is 10.9. The number of aliphatic hydroxyl groups excluding tert-OH is 1. The Morgan fingerprint density at radius 3 is 2.65 bits per heavy atom. The zero-order valence-corrected chi connectivity index (χ0v) is 14.2. The van der Waals surface area contributed by atoms with E-state index in [9.17, 15) is 9.50 Å². The number of aliphatic hydroxyl groups is 1. The molecule has 23 heavy (non-hydrogen) atoms. The minimum atomic E-state index is -0.262. The summed E-state index contributed by atoms with van der Waals surface area (Å²) in [6.45, 7) is 6.93. The maximum absolute atomic E-state index is 13.0. The Labute approximate surface area is 138 Å². The van der Waals surface area contributed by atoms with Gasteiger partial charge in [0.05, 0.1) is 18.1 Å². The molecule has 0 radical (unpaired) electrons. The van der Waals surface area contributed by atoms with Crippen LogP contribution in [0.2, 0.25) is 0 Å². The van der Waals surface area contributed by atoms with Crippen LogP contribution in [0.1, 0.15) is 38.7 Å². The Hall–Kier alpha value is -1.44. The lowest BCUT2D eigenvalue weighted by atomic mass is 9.81. The van der Waals surface area contributed by atoms with Gasteiger partial charge < -0.3 is 10.0 Å². The van der Waals surface area contributed by atoms with Crippen molar-refractivity contribution in [1.82, 2.24) is 4.90 Å². The molecule has 1 aliphatic heterocycles. The molecule has 3 nitrogen and oxygen atoms in total. The molecule has 0 spiro atoms. The Morgan fingerprint density at radius 1 is 1.35 bits per heavy atom. The highest BCUT2D eigenvalue weighted by Crippen LogP contribution is 2.34. The molecule has 1 unspecified atom stereocenters. The average molecular weight is 318 g/mol. The summed E-state index contributed by atoms with van der Waals surface area (Å²) in [5.41, 5.74) is 0.692. The van der Waals surface area contributed by atoms with Gasteiger partial charge >= 0.3 is 0 Å². The number of likely N-dealkylation sites (tertiary alicyclic amines) is 1. The van der Waals surface area contributed by atoms with Gasteiger partial charge in [0, 0.05) is 12.0 Å². The van der Waals surface area contributed by atoms with E-state index < -0.39 is 0 Å². The summed E-state index contributed by atoms with van der Waals surface area (Å²) < 4.78 is 13.0. The predicted molar refractivity (Wildman–Crippen MR) is 89.3 cm³/mol. The van der Waals surface area contributed by atoms with Crippen LogP contribution in [0, 0.1) is 28.0 Å². The van der Waals surface area contributed by atoms with E-state index in [1.54, 1.807) is 0 Å². The molecule has 0 aliphatic carbocycles. The molecule has 1 fully saturated rings. The number of halogens is 1. The molecule has 0 amide bonds. The highest BCUT2D eigenvalue weighted by Gasteiger charge is 2.37. The first kappa shape index (κ1) is 17.9. The number of benzene rings is 1. The van der Waals surface area contributed by atoms with Gasteiger partial charge in [-0.25, -0.2) is 4.39 Å². The summed E-state index contributed by atoms with van der Waals surface area (Å²) in [4.78, 5) is 2.38. The Morgan fingerprint density at radius 2 is 2.04 bits per heavy atom. The molecule has 1 aromatic rings. The van der Waals surface area contributed by atoms with E-state index >= 15 is 0 Å². The van der Waals surface area contributed by atoms with E-state index in [1.165, 1.54) is 12.1 Å². The van der Waals surface area contributed by atoms with Crippen molar-refractivity contribution in [1.29, 1.82) is 5.26 Å². The number of nitrogens with zero attached hydrogens (tertiary/aromatic N) is 2. The van der Waals surface area contributed by atoms with Gasteiger partial charge in [-0.3, -0.25) is 0 Å². The maximum Gasteiger partial charge on any atom is 0.123 e. The number of hydrogen-bond acceptors (Lipinski definition) is 3. The summed E-state index contributed by atoms with van der Waals surface area (Å²) in [6.07, 6.45) is 3.63. The second-order valence-electron chi connectivity index (χ2n) is 7.59. The van der Waals surface area contributed by atoms with Crippen LogP contribution in [0.25, 0.3) is 0 Å². The van der Waals surface area contributed by atoms with Crippen molar-refractivity contribution >= 4 is 0 Å². The van der Waals surface area contributed by atoms with Crippen LogP contribution in [-0.2, 0) is 6.42 Å². The molecule has 1 saturated heterocycles. The number of rotatable bonds is 7. The first-order valence-corrected chi connectivity index (χ1v) is 8.37. The molecule has 0 aromatic heterocycles. The van der Waals surface area contributed by atoms with Crippen molar-refractivity contribution in [3.63, 3.8) is 0 Å². The fourth-order valence-corrected chi connectivity index (χ4v) is 3.38. The monoisotopic (exact) mass is 318 g/mol. The SMILES string of the molecule is CC(C)(C#N)CCCN1CCC(CO)(Cc2ccc(F)cc2)C1. The van der Waals surface area contributed by atoms with Crippen molar-refractivity contribution in [3.05, 3.63) is 35.6 Å². The van der Waals surface area contributed by atoms with Crippen molar-refractivity contribution in [2.45, 2.75) is 39.5 Å². The van der Waals surface area contributed by atoms with E-state index in [2.05, 4.69) is 11.0 Å². The van der Waals surface area contributed by atoms with Gasteiger partial charge in [0.1, 0.15) is 5.82 Å². The van der Waals surface area contributed by atoms with Gasteiger partial charge in [0.15, 0.2) is 0 Å². The van der Waals surface area contributed by atoms with Crippen LogP contribution >= 0.6 is 0 Å². The Kier molecular flexibility index (Phi) is 5.78. The third-order valence-corrected chi connectivity index (χ3v) is 4.92. The maximum atomic E-state index is 13.0. The average Bonchev–Trinajstić information content (AvgIpc) is 2.93. The van der Waals surface area contributed by atoms with Crippen LogP contribution in [-0.4, -0.2) is 36.2 Å². The highest BCUT2D eigenvalue weighted by atomic mass is 19.1. The van der Waals surface area contributed by atoms with Crippen molar-refractivity contribution < 1.29 is 9.50 Å². The summed E-state index contributed by atoms with van der Waals surface area (Å²) in [5.74, 6) is -0.222. The van der Waals surface area contributed by atoms with E-state index in [4.69, 9.17) is 5.26 Å². The fourth-order valence-electron chi connectivity index (χ4n) is 3.38. The molecule has 0 bridgehead atoms. The smallest absolute Gasteiger partial charge is 0.123 e. The zero-order valence-electron chi connectivity index (χ0n) is 14.2. The highest BCUT2D eigenvalue weighted by molar-refractivity contribution is 5.18. The van der Waals surface area contributed by atoms with Crippen LogP contribution in [0.15, 0.2) is 24.3 Å². The third-order valence-electron chi connectivity index (χ3n) is 4.92. The van der Waals surface area contributed by atoms with Gasteiger partial charge in [-0.2, -0.15) is 5.26 Å². The molecular formula is C19H27FN2O. The lowest BCUT2D eigenvalue weighted by Gasteiger charge is -2.28. The van der Waals surface area contributed by atoms with E-state index in [0.29, 0.717) is 0 Å². The molecule has 1 heterocycles. The minimum absolute atomic E-state index is 0.122. The summed E-state index contributed by atoms with van der Waals surface area (Å²) in [7, 11) is 0. The second kappa shape index (κ2) is 7.42. The lowest BCUT2D eigenvalue weighted by Crippen LogP contribution is -2.33. The molecule has 1 atom stereocenters. The van der Waals surface area contributed by atoms with Crippen LogP contribution < -0.4 is 0 Å². The Balaban J connectivity index is 1.88. The van der Waals surface area contributed by atoms with Crippen LogP contribution in [0.4, 0.5) is 4.39 Å². The summed E-state index contributed by atoms with van der Waals surface area (Å²) in [6, 6.07) is 8.93. The molecule has 0 saturated carbocycles. The van der Waals surface area contributed by atoms with E-state index in [0.717, 1.165) is 50.9 Å². The number of nitriles is 1. The lowest BCUT2D eigenvalue weighted by molar-refractivity contribution is 0.127. The Bertz CT molecular complexity index is 549. The van der Waals surface area contributed by atoms with Gasteiger partial charge in [-0.1, -0.05) is 12.1 Å². The molecule has 4 heteroatoms. The first-order valence-electron chi connectivity index (χ1n) is 8.37. The predicted octanol–water partition coefficient (Wildman–Crippen LogP) is 3.38. The van der Waals surface area contributed by atoms with Gasteiger partial charge in [-0.05, 0) is 70.3 Å². The summed E-state index contributed by atoms with van der Waals surface area (Å²) >= 11 is 0. The second-order valence-corrected chi connectivity index (χ2v) is 7.59. The number of hydrogen-bond donors (Lipinski definition) is 1. The van der Waals surface area contributed by atoms with Crippen LogP contribution in [0.5, 0.6) is 0 Å². The fraction of sp³-hybridized carbons (Fsp3) is 0.632. The standard InChI is InChI=1S/C19H27FN2O/c1-18(2,13-21)8-3-10-22-11-9-19(14-22,15-23)12-16-4-6-17(20)7-5-16/h4-7,23H,3,8-12,14-15H2,1-2H3. The molecule has 1 aliphatic rings. The van der Waals surface area contributed by atoms with E-state index in [-0.39, 0.29) is 23.3 Å². The van der Waals surface area contributed by atoms with Crippen molar-refractivity contribution in [3.8, 4) is 6.07 Å². The minimum Gasteiger partial charge on any atom is -0.396 e. The van der Waals surface area contributed by atoms with Gasteiger partial charge in [0.2, 0.25) is 0 Å². The largest absolute Gasteiger partial charge is 0.396 e. The molecule has 2 rings (SSSR count). The summed E-state index contributed by atoms with van der Waals surface area (Å²) in [5, 5.41) is 19.0. The molecule has 1 aromatic carbocycles. The zero-order chi connectivity index (χ0) is 16.9. The topological polar surface area (TPSA) is 47.3 Å². The van der Waals surface area contributed by atoms with Crippen molar-refractivity contribution in [2.24, 2.45) is 10.8 Å². The van der Waals surface area contributed by atoms with Gasteiger partial charge in [-0.15, -0.1) is 0 Å². The van der Waals surface area contributed by atoms with Crippen molar-refractivity contribution in [2.75, 3.05) is 26.2 Å². The molecular weight excluding hydrogens is 291 g/mol. The van der Waals surface area contributed by atoms with Crippen LogP contribution in [0.3, 0.4) is 0 Å². The normalized spacial score (nSPS) is 22.2. The third kappa shape index (κ3) is 5.02. The molecule has 1 N–H and O–H groups in total. The molecule has 126 valence electrons. The quantitative estimate of drug-likeness (QED) is 0.838. The van der Waals surface area contributed by atoms with Gasteiger partial charge in [0.25, 0.3) is 0 Å².